The number of amides is 2. The average Bonchev–Trinajstić information content (AvgIpc) is 2.75. The lowest BCUT2D eigenvalue weighted by molar-refractivity contribution is -0.125. The van der Waals surface area contributed by atoms with Crippen molar-refractivity contribution in [1.29, 1.82) is 0 Å². The zero-order chi connectivity index (χ0) is 12.7. The van der Waals surface area contributed by atoms with Crippen molar-refractivity contribution in [3.05, 3.63) is 0 Å². The Kier molecular flexibility index (Phi) is 5.97. The zero-order valence-corrected chi connectivity index (χ0v) is 10.7. The van der Waals surface area contributed by atoms with E-state index in [1.165, 1.54) is 12.8 Å². The fraction of sp³-hybridized carbons (Fsp3) is 0.833. The lowest BCUT2D eigenvalue weighted by Gasteiger charge is -2.12. The van der Waals surface area contributed by atoms with Crippen LogP contribution in [0.15, 0.2) is 0 Å². The molecule has 0 aliphatic heterocycles. The molecule has 0 atom stereocenters. The Balaban J connectivity index is 2.06. The summed E-state index contributed by atoms with van der Waals surface area (Å²) in [6.07, 6.45) is 4.80. The molecule has 0 heterocycles. The minimum absolute atomic E-state index is 0.0589. The molecular weight excluding hydrogens is 218 g/mol. The van der Waals surface area contributed by atoms with Crippen LogP contribution in [0.1, 0.15) is 39.5 Å². The van der Waals surface area contributed by atoms with E-state index >= 15 is 0 Å². The van der Waals surface area contributed by atoms with Gasteiger partial charge < -0.3 is 16.0 Å². The van der Waals surface area contributed by atoms with Gasteiger partial charge in [-0.1, -0.05) is 12.8 Å². The minimum Gasteiger partial charge on any atom is -0.352 e. The smallest absolute Gasteiger partial charge is 0.239 e. The molecular formula is C12H23N3O2. The maximum absolute atomic E-state index is 11.4. The van der Waals surface area contributed by atoms with Crippen LogP contribution >= 0.6 is 0 Å². The molecule has 0 radical (unpaired) electrons. The number of carbonyl (C=O) groups is 2. The molecule has 98 valence electrons. The predicted molar refractivity (Wildman–Crippen MR) is 66.5 cm³/mol. The normalized spacial score (nSPS) is 16.2. The fourth-order valence-electron chi connectivity index (χ4n) is 1.98. The molecule has 2 amide bonds. The summed E-state index contributed by atoms with van der Waals surface area (Å²) in [7, 11) is 0. The average molecular weight is 241 g/mol. The second-order valence-corrected chi connectivity index (χ2v) is 4.86. The van der Waals surface area contributed by atoms with Crippen molar-refractivity contribution in [2.75, 3.05) is 13.1 Å². The SMILES string of the molecule is CC(C)NC(=O)CNC(=O)CNC1CCCC1. The van der Waals surface area contributed by atoms with E-state index in [-0.39, 0.29) is 24.4 Å². The lowest BCUT2D eigenvalue weighted by atomic mass is 10.2. The zero-order valence-electron chi connectivity index (χ0n) is 10.7. The molecule has 17 heavy (non-hydrogen) atoms. The Morgan fingerprint density at radius 1 is 1.12 bits per heavy atom. The molecule has 0 bridgehead atoms. The number of carbonyl (C=O) groups excluding carboxylic acids is 2. The molecule has 1 fully saturated rings. The fourth-order valence-corrected chi connectivity index (χ4v) is 1.98. The van der Waals surface area contributed by atoms with Gasteiger partial charge in [-0.2, -0.15) is 0 Å². The third-order valence-corrected chi connectivity index (χ3v) is 2.80. The topological polar surface area (TPSA) is 70.2 Å². The van der Waals surface area contributed by atoms with Crippen molar-refractivity contribution in [2.24, 2.45) is 0 Å². The monoisotopic (exact) mass is 241 g/mol. The van der Waals surface area contributed by atoms with Crippen molar-refractivity contribution in [2.45, 2.75) is 51.6 Å². The first kappa shape index (κ1) is 14.0. The molecule has 5 nitrogen and oxygen atoms in total. The summed E-state index contributed by atoms with van der Waals surface area (Å²) in [6, 6.07) is 0.584. The van der Waals surface area contributed by atoms with Gasteiger partial charge in [0.25, 0.3) is 0 Å². The van der Waals surface area contributed by atoms with Crippen LogP contribution < -0.4 is 16.0 Å². The van der Waals surface area contributed by atoms with Gasteiger partial charge in [-0.15, -0.1) is 0 Å². The molecule has 1 saturated carbocycles. The molecule has 5 heteroatoms. The first-order chi connectivity index (χ1) is 8.08. The van der Waals surface area contributed by atoms with E-state index in [2.05, 4.69) is 16.0 Å². The van der Waals surface area contributed by atoms with Crippen LogP contribution in [0.25, 0.3) is 0 Å². The highest BCUT2D eigenvalue weighted by Crippen LogP contribution is 2.16. The van der Waals surface area contributed by atoms with E-state index in [0.29, 0.717) is 12.6 Å². The summed E-state index contributed by atoms with van der Waals surface area (Å²) >= 11 is 0. The first-order valence-electron chi connectivity index (χ1n) is 6.37. The van der Waals surface area contributed by atoms with Crippen LogP contribution in [0, 0.1) is 0 Å². The van der Waals surface area contributed by atoms with Gasteiger partial charge in [0.05, 0.1) is 13.1 Å². The highest BCUT2D eigenvalue weighted by atomic mass is 16.2. The van der Waals surface area contributed by atoms with Crippen LogP contribution in [-0.4, -0.2) is 37.0 Å². The molecule has 0 aromatic heterocycles. The molecule has 0 unspecified atom stereocenters. The summed E-state index contributed by atoms with van der Waals surface area (Å²) in [5.41, 5.74) is 0. The maximum Gasteiger partial charge on any atom is 0.239 e. The first-order valence-corrected chi connectivity index (χ1v) is 6.37. The van der Waals surface area contributed by atoms with Gasteiger partial charge in [0.1, 0.15) is 0 Å². The quantitative estimate of drug-likeness (QED) is 0.620. The summed E-state index contributed by atoms with van der Waals surface area (Å²) in [6.45, 7) is 4.14. The minimum atomic E-state index is -0.144. The van der Waals surface area contributed by atoms with E-state index in [1.54, 1.807) is 0 Å². The third-order valence-electron chi connectivity index (χ3n) is 2.80. The van der Waals surface area contributed by atoms with Gasteiger partial charge in [-0.25, -0.2) is 0 Å². The molecule has 1 aliphatic rings. The van der Waals surface area contributed by atoms with Crippen molar-refractivity contribution >= 4 is 11.8 Å². The van der Waals surface area contributed by atoms with Crippen LogP contribution in [-0.2, 0) is 9.59 Å². The van der Waals surface area contributed by atoms with Gasteiger partial charge in [-0.3, -0.25) is 9.59 Å². The van der Waals surface area contributed by atoms with Crippen molar-refractivity contribution in [3.8, 4) is 0 Å². The van der Waals surface area contributed by atoms with E-state index in [0.717, 1.165) is 12.8 Å². The Morgan fingerprint density at radius 3 is 2.35 bits per heavy atom. The summed E-state index contributed by atoms with van der Waals surface area (Å²) in [4.78, 5) is 22.7. The van der Waals surface area contributed by atoms with Crippen molar-refractivity contribution in [3.63, 3.8) is 0 Å². The second-order valence-electron chi connectivity index (χ2n) is 4.86. The molecule has 0 saturated heterocycles. The largest absolute Gasteiger partial charge is 0.352 e. The molecule has 0 spiro atoms. The van der Waals surface area contributed by atoms with E-state index in [1.807, 2.05) is 13.8 Å². The van der Waals surface area contributed by atoms with Crippen molar-refractivity contribution in [1.82, 2.24) is 16.0 Å². The number of hydrogen-bond donors (Lipinski definition) is 3. The second kappa shape index (κ2) is 7.27. The van der Waals surface area contributed by atoms with Gasteiger partial charge in [0, 0.05) is 12.1 Å². The van der Waals surface area contributed by atoms with Crippen LogP contribution in [0.5, 0.6) is 0 Å². The van der Waals surface area contributed by atoms with Crippen LogP contribution in [0.4, 0.5) is 0 Å². The molecule has 1 aliphatic carbocycles. The molecule has 0 aromatic rings. The Hall–Kier alpha value is -1.10. The van der Waals surface area contributed by atoms with Crippen LogP contribution in [0.3, 0.4) is 0 Å². The lowest BCUT2D eigenvalue weighted by Crippen LogP contribution is -2.43. The van der Waals surface area contributed by atoms with Crippen LogP contribution in [0.2, 0.25) is 0 Å². The van der Waals surface area contributed by atoms with Crippen molar-refractivity contribution < 1.29 is 9.59 Å². The highest BCUT2D eigenvalue weighted by molar-refractivity contribution is 5.85. The standard InChI is InChI=1S/C12H23N3O2/c1-9(2)15-12(17)8-14-11(16)7-13-10-5-3-4-6-10/h9-10,13H,3-8H2,1-2H3,(H,14,16)(H,15,17). The summed E-state index contributed by atoms with van der Waals surface area (Å²) in [5, 5.41) is 8.52. The highest BCUT2D eigenvalue weighted by Gasteiger charge is 2.15. The number of hydrogen-bond acceptors (Lipinski definition) is 3. The Bertz CT molecular complexity index is 260. The van der Waals surface area contributed by atoms with E-state index in [4.69, 9.17) is 0 Å². The summed E-state index contributed by atoms with van der Waals surface area (Å²) in [5.74, 6) is -0.259. The molecule has 0 aromatic carbocycles. The number of nitrogens with one attached hydrogen (secondary N) is 3. The summed E-state index contributed by atoms with van der Waals surface area (Å²) < 4.78 is 0. The predicted octanol–water partition coefficient (Wildman–Crippen LogP) is 0.159. The Labute approximate surface area is 103 Å². The van der Waals surface area contributed by atoms with Gasteiger partial charge in [-0.05, 0) is 26.7 Å². The van der Waals surface area contributed by atoms with Gasteiger partial charge in [0.2, 0.25) is 11.8 Å². The van der Waals surface area contributed by atoms with Gasteiger partial charge >= 0.3 is 0 Å². The molecule has 1 rings (SSSR count). The maximum atomic E-state index is 11.4. The van der Waals surface area contributed by atoms with E-state index in [9.17, 15) is 9.59 Å². The molecule has 3 N–H and O–H groups in total. The van der Waals surface area contributed by atoms with Gasteiger partial charge in [0.15, 0.2) is 0 Å². The third kappa shape index (κ3) is 6.26. The van der Waals surface area contributed by atoms with E-state index < -0.39 is 0 Å². The Morgan fingerprint density at radius 2 is 1.76 bits per heavy atom. The number of rotatable bonds is 6.